The predicted molar refractivity (Wildman–Crippen MR) is 97.3 cm³/mol. The highest BCUT2D eigenvalue weighted by molar-refractivity contribution is 5.57. The molecule has 0 atom stereocenters. The van der Waals surface area contributed by atoms with E-state index in [1.165, 1.54) is 32.1 Å². The third kappa shape index (κ3) is 3.18. The van der Waals surface area contributed by atoms with Crippen molar-refractivity contribution in [3.8, 4) is 17.1 Å². The van der Waals surface area contributed by atoms with Gasteiger partial charge in [-0.3, -0.25) is 0 Å². The fraction of sp³-hybridized carbons (Fsp3) is 0.300. The van der Waals surface area contributed by atoms with Crippen molar-refractivity contribution in [3.63, 3.8) is 0 Å². The van der Waals surface area contributed by atoms with Gasteiger partial charge in [0, 0.05) is 11.6 Å². The van der Waals surface area contributed by atoms with Crippen LogP contribution in [0.25, 0.3) is 17.1 Å². The molecule has 0 saturated heterocycles. The number of nitrogens with one attached hydrogen (secondary N) is 1. The number of hydrogen-bond donors (Lipinski definition) is 1. The maximum Gasteiger partial charge on any atom is 0.226 e. The molecule has 2 aromatic carbocycles. The van der Waals surface area contributed by atoms with Gasteiger partial charge in [-0.15, -0.1) is 5.10 Å². The van der Waals surface area contributed by atoms with E-state index in [2.05, 4.69) is 29.6 Å². The smallest absolute Gasteiger partial charge is 0.226 e. The summed E-state index contributed by atoms with van der Waals surface area (Å²) in [6.07, 6.45) is 6.36. The summed E-state index contributed by atoms with van der Waals surface area (Å²) < 4.78 is 1.93. The summed E-state index contributed by atoms with van der Waals surface area (Å²) in [6.45, 7) is 0. The van der Waals surface area contributed by atoms with Crippen LogP contribution < -0.4 is 5.32 Å². The van der Waals surface area contributed by atoms with Crippen molar-refractivity contribution in [1.82, 2.24) is 14.8 Å². The molecule has 4 heteroatoms. The van der Waals surface area contributed by atoms with Crippen molar-refractivity contribution in [2.24, 2.45) is 0 Å². The highest BCUT2D eigenvalue weighted by Crippen LogP contribution is 2.25. The Hall–Kier alpha value is -2.62. The van der Waals surface area contributed by atoms with E-state index in [1.54, 1.807) is 0 Å². The minimum Gasteiger partial charge on any atom is -0.351 e. The highest BCUT2D eigenvalue weighted by atomic mass is 15.4. The third-order valence-corrected chi connectivity index (χ3v) is 4.58. The first-order chi connectivity index (χ1) is 11.9. The normalized spacial score (nSPS) is 15.3. The second kappa shape index (κ2) is 6.87. The van der Waals surface area contributed by atoms with Crippen LogP contribution in [0.15, 0.2) is 60.7 Å². The van der Waals surface area contributed by atoms with Crippen LogP contribution in [0, 0.1) is 0 Å². The molecule has 24 heavy (non-hydrogen) atoms. The number of para-hydroxylation sites is 1. The van der Waals surface area contributed by atoms with Crippen molar-refractivity contribution >= 4 is 5.95 Å². The van der Waals surface area contributed by atoms with Gasteiger partial charge in [0.05, 0.1) is 5.69 Å². The molecule has 122 valence electrons. The molecule has 1 heterocycles. The van der Waals surface area contributed by atoms with E-state index in [4.69, 9.17) is 10.1 Å². The van der Waals surface area contributed by atoms with Crippen molar-refractivity contribution in [1.29, 1.82) is 0 Å². The second-order valence-electron chi connectivity index (χ2n) is 6.35. The van der Waals surface area contributed by atoms with Crippen molar-refractivity contribution in [3.05, 3.63) is 60.7 Å². The van der Waals surface area contributed by atoms with Gasteiger partial charge in [0.1, 0.15) is 0 Å². The first-order valence-corrected chi connectivity index (χ1v) is 8.74. The number of nitrogens with zero attached hydrogens (tertiary/aromatic N) is 3. The Morgan fingerprint density at radius 3 is 2.21 bits per heavy atom. The third-order valence-electron chi connectivity index (χ3n) is 4.58. The predicted octanol–water partition coefficient (Wildman–Crippen LogP) is 4.68. The standard InChI is InChI=1S/C20H22N4/c1-4-10-16(11-5-1)19-22-20(21-17-12-6-2-7-13-17)24(23-19)18-14-8-3-9-15-18/h1,3-5,8-11,14-15,17H,2,6-7,12-13H2,(H,21,22,23). The van der Waals surface area contributed by atoms with Gasteiger partial charge in [-0.2, -0.15) is 9.67 Å². The molecule has 0 radical (unpaired) electrons. The summed E-state index contributed by atoms with van der Waals surface area (Å²) >= 11 is 0. The van der Waals surface area contributed by atoms with E-state index in [1.807, 2.05) is 41.1 Å². The molecule has 4 nitrogen and oxygen atoms in total. The molecule has 4 rings (SSSR count). The fourth-order valence-electron chi connectivity index (χ4n) is 3.29. The maximum absolute atomic E-state index is 4.79. The molecule has 0 aliphatic heterocycles. The van der Waals surface area contributed by atoms with Gasteiger partial charge >= 0.3 is 0 Å². The molecular formula is C20H22N4. The summed E-state index contributed by atoms with van der Waals surface area (Å²) in [4.78, 5) is 4.79. The highest BCUT2D eigenvalue weighted by Gasteiger charge is 2.18. The molecule has 1 fully saturated rings. The minimum absolute atomic E-state index is 0.494. The van der Waals surface area contributed by atoms with Crippen molar-refractivity contribution < 1.29 is 0 Å². The lowest BCUT2D eigenvalue weighted by atomic mass is 9.96. The zero-order valence-electron chi connectivity index (χ0n) is 13.7. The van der Waals surface area contributed by atoms with E-state index in [-0.39, 0.29) is 0 Å². The molecule has 1 aromatic heterocycles. The molecule has 0 spiro atoms. The topological polar surface area (TPSA) is 42.7 Å². The van der Waals surface area contributed by atoms with E-state index >= 15 is 0 Å². The fourth-order valence-corrected chi connectivity index (χ4v) is 3.29. The molecule has 1 N–H and O–H groups in total. The lowest BCUT2D eigenvalue weighted by Crippen LogP contribution is -2.24. The average molecular weight is 318 g/mol. The van der Waals surface area contributed by atoms with Crippen molar-refractivity contribution in [2.45, 2.75) is 38.1 Å². The zero-order chi connectivity index (χ0) is 16.2. The van der Waals surface area contributed by atoms with Crippen molar-refractivity contribution in [2.75, 3.05) is 5.32 Å². The molecule has 0 bridgehead atoms. The Bertz CT molecular complexity index is 774. The Labute approximate surface area is 142 Å². The quantitative estimate of drug-likeness (QED) is 0.759. The van der Waals surface area contributed by atoms with Gasteiger partial charge in [-0.25, -0.2) is 0 Å². The molecular weight excluding hydrogens is 296 g/mol. The van der Waals surface area contributed by atoms with Crippen LogP contribution in [0.5, 0.6) is 0 Å². The Morgan fingerprint density at radius 2 is 1.50 bits per heavy atom. The van der Waals surface area contributed by atoms with Crippen LogP contribution in [0.3, 0.4) is 0 Å². The van der Waals surface area contributed by atoms with Crippen LogP contribution in [0.4, 0.5) is 5.95 Å². The van der Waals surface area contributed by atoms with Crippen LogP contribution in [0.2, 0.25) is 0 Å². The Balaban J connectivity index is 1.71. The second-order valence-corrected chi connectivity index (χ2v) is 6.35. The Morgan fingerprint density at radius 1 is 0.833 bits per heavy atom. The first-order valence-electron chi connectivity index (χ1n) is 8.74. The number of rotatable bonds is 4. The van der Waals surface area contributed by atoms with Crippen LogP contribution >= 0.6 is 0 Å². The summed E-state index contributed by atoms with van der Waals surface area (Å²) in [5.74, 6) is 1.60. The van der Waals surface area contributed by atoms with E-state index in [9.17, 15) is 0 Å². The summed E-state index contributed by atoms with van der Waals surface area (Å²) in [5.41, 5.74) is 2.07. The van der Waals surface area contributed by atoms with E-state index < -0.39 is 0 Å². The monoisotopic (exact) mass is 318 g/mol. The number of aromatic nitrogens is 3. The van der Waals surface area contributed by atoms with Gasteiger partial charge in [-0.1, -0.05) is 67.8 Å². The summed E-state index contributed by atoms with van der Waals surface area (Å²) in [7, 11) is 0. The molecule has 1 saturated carbocycles. The van der Waals surface area contributed by atoms with Gasteiger partial charge in [-0.05, 0) is 25.0 Å². The van der Waals surface area contributed by atoms with Crippen LogP contribution in [-0.4, -0.2) is 20.8 Å². The van der Waals surface area contributed by atoms with Crippen LogP contribution in [0.1, 0.15) is 32.1 Å². The van der Waals surface area contributed by atoms with Gasteiger partial charge in [0.25, 0.3) is 0 Å². The lowest BCUT2D eigenvalue weighted by molar-refractivity contribution is 0.460. The largest absolute Gasteiger partial charge is 0.351 e. The molecule has 0 unspecified atom stereocenters. The maximum atomic E-state index is 4.79. The SMILES string of the molecule is c1ccc(-c2nc(NC3CCCCC3)n(-c3ccccc3)n2)cc1. The van der Waals surface area contributed by atoms with E-state index in [0.29, 0.717) is 6.04 Å². The molecule has 1 aliphatic carbocycles. The summed E-state index contributed by atoms with van der Waals surface area (Å²) in [6, 6.07) is 20.9. The first kappa shape index (κ1) is 14.9. The minimum atomic E-state index is 0.494. The Kier molecular flexibility index (Phi) is 4.28. The number of benzene rings is 2. The number of anilines is 1. The number of hydrogen-bond acceptors (Lipinski definition) is 3. The summed E-state index contributed by atoms with van der Waals surface area (Å²) in [5, 5.41) is 8.39. The van der Waals surface area contributed by atoms with Gasteiger partial charge < -0.3 is 5.32 Å². The van der Waals surface area contributed by atoms with E-state index in [0.717, 1.165) is 23.0 Å². The van der Waals surface area contributed by atoms with Crippen LogP contribution in [-0.2, 0) is 0 Å². The van der Waals surface area contributed by atoms with Gasteiger partial charge in [0.15, 0.2) is 5.82 Å². The molecule has 3 aromatic rings. The average Bonchev–Trinajstić information content (AvgIpc) is 3.08. The molecule has 1 aliphatic rings. The zero-order valence-corrected chi connectivity index (χ0v) is 13.7. The molecule has 0 amide bonds. The lowest BCUT2D eigenvalue weighted by Gasteiger charge is -2.23. The van der Waals surface area contributed by atoms with Gasteiger partial charge in [0.2, 0.25) is 5.95 Å².